The number of amides is 1. The molecule has 0 radical (unpaired) electrons. The van der Waals surface area contributed by atoms with Crippen LogP contribution in [0.1, 0.15) is 16.7 Å². The van der Waals surface area contributed by atoms with Crippen LogP contribution in [-0.4, -0.2) is 47.8 Å². The van der Waals surface area contributed by atoms with Crippen LogP contribution < -0.4 is 16.0 Å². The fourth-order valence-corrected chi connectivity index (χ4v) is 4.03. The van der Waals surface area contributed by atoms with Crippen LogP contribution in [0.15, 0.2) is 82.9 Å². The van der Waals surface area contributed by atoms with Gasteiger partial charge in [0.05, 0.1) is 28.9 Å². The van der Waals surface area contributed by atoms with Gasteiger partial charge in [0.15, 0.2) is 0 Å². The highest BCUT2D eigenvalue weighted by Gasteiger charge is 2.30. The quantitative estimate of drug-likeness (QED) is 0.387. The van der Waals surface area contributed by atoms with Crippen molar-refractivity contribution in [3.05, 3.63) is 89.6 Å². The minimum Gasteiger partial charge on any atom is -0.407 e. The zero-order chi connectivity index (χ0) is 25.1. The summed E-state index contributed by atoms with van der Waals surface area (Å²) in [5.74, 6) is -0.300. The van der Waals surface area contributed by atoms with Gasteiger partial charge in [-0.15, -0.1) is 0 Å². The number of benzodiazepines with no additional fused rings is 1. The number of anilines is 2. The molecule has 10 nitrogen and oxygen atoms in total. The van der Waals surface area contributed by atoms with Crippen LogP contribution in [0, 0.1) is 22.7 Å². The highest BCUT2D eigenvalue weighted by Crippen LogP contribution is 2.27. The average molecular weight is 479 g/mol. The molecule has 10 heteroatoms. The summed E-state index contributed by atoms with van der Waals surface area (Å²) in [5, 5.41) is 20.3. The van der Waals surface area contributed by atoms with Gasteiger partial charge in [-0.05, 0) is 18.2 Å². The number of aromatic nitrogens is 1. The summed E-state index contributed by atoms with van der Waals surface area (Å²) in [5.41, 5.74) is 9.19. The second-order valence-electron chi connectivity index (χ2n) is 8.26. The smallest absolute Gasteiger partial charge is 0.291 e. The molecule has 0 aliphatic carbocycles. The average Bonchev–Trinajstić information content (AvgIpc) is 3.00. The van der Waals surface area contributed by atoms with Crippen LogP contribution in [0.5, 0.6) is 0 Å². The van der Waals surface area contributed by atoms with Crippen molar-refractivity contribution in [2.45, 2.75) is 6.17 Å². The minimum atomic E-state index is -1.22. The van der Waals surface area contributed by atoms with E-state index in [1.807, 2.05) is 53.4 Å². The first-order valence-electron chi connectivity index (χ1n) is 11.3. The number of ether oxygens (including phenoxy) is 1. The van der Waals surface area contributed by atoms with Crippen LogP contribution in [-0.2, 0) is 9.53 Å². The Kier molecular flexibility index (Phi) is 6.11. The number of hydrogen-bond acceptors (Lipinski definition) is 8. The molecule has 5 rings (SSSR count). The lowest BCUT2D eigenvalue weighted by Crippen LogP contribution is -2.47. The predicted octanol–water partition coefficient (Wildman–Crippen LogP) is 2.51. The Hall–Kier alpha value is -5.04. The molecular weight excluding hydrogens is 456 g/mol. The van der Waals surface area contributed by atoms with Crippen molar-refractivity contribution in [3.63, 3.8) is 0 Å². The molecule has 2 aliphatic heterocycles. The Morgan fingerprint density at radius 2 is 1.89 bits per heavy atom. The van der Waals surface area contributed by atoms with Crippen molar-refractivity contribution in [2.75, 3.05) is 23.3 Å². The third-order valence-electron chi connectivity index (χ3n) is 5.82. The molecule has 1 amide bonds. The molecule has 1 saturated heterocycles. The van der Waals surface area contributed by atoms with Crippen molar-refractivity contribution in [1.29, 1.82) is 10.7 Å². The number of amidine groups is 1. The van der Waals surface area contributed by atoms with E-state index in [0.717, 1.165) is 11.1 Å². The number of carbonyl (C=O) groups excluding carboxylic acids is 1. The summed E-state index contributed by atoms with van der Waals surface area (Å²) in [6.45, 7) is 1.05. The molecular formula is C26H22N8O2. The Balaban J connectivity index is 1.42. The van der Waals surface area contributed by atoms with Gasteiger partial charge in [0.2, 0.25) is 12.1 Å². The zero-order valence-electron chi connectivity index (χ0n) is 19.1. The number of benzene rings is 2. The maximum absolute atomic E-state index is 13.0. The Morgan fingerprint density at radius 3 is 2.67 bits per heavy atom. The molecule has 0 bridgehead atoms. The SMILES string of the molecule is N#CC1CN(c2ncccc2C(=N)O/C(N)=N/C2N=C(c3ccccc3)c3ccccc3NC2=O)C1. The van der Waals surface area contributed by atoms with Gasteiger partial charge in [0.25, 0.3) is 11.9 Å². The van der Waals surface area contributed by atoms with E-state index >= 15 is 0 Å². The Bertz CT molecular complexity index is 1420. The number of pyridine rings is 1. The van der Waals surface area contributed by atoms with Gasteiger partial charge in [-0.2, -0.15) is 10.3 Å². The molecule has 36 heavy (non-hydrogen) atoms. The fourth-order valence-electron chi connectivity index (χ4n) is 4.03. The highest BCUT2D eigenvalue weighted by atomic mass is 16.5. The molecule has 3 aromatic rings. The molecule has 0 spiro atoms. The predicted molar refractivity (Wildman–Crippen MR) is 136 cm³/mol. The standard InChI is InChI=1S/C26H22N8O2/c27-13-16-14-34(15-16)24-19(10-6-12-30-24)22(28)36-26(29)33-23-25(35)31-20-11-5-4-9-18(20)21(32-23)17-7-2-1-3-8-17/h1-12,16,23,28H,14-15H2,(H2,29,33)(H,31,35). The summed E-state index contributed by atoms with van der Waals surface area (Å²) < 4.78 is 5.49. The van der Waals surface area contributed by atoms with E-state index in [9.17, 15) is 4.79 Å². The second kappa shape index (κ2) is 9.68. The molecule has 3 heterocycles. The topological polar surface area (TPSA) is 153 Å². The number of para-hydroxylation sites is 1. The third-order valence-corrected chi connectivity index (χ3v) is 5.82. The van der Waals surface area contributed by atoms with Gasteiger partial charge in [0.1, 0.15) is 5.82 Å². The van der Waals surface area contributed by atoms with Gasteiger partial charge in [-0.3, -0.25) is 10.2 Å². The lowest BCUT2D eigenvalue weighted by Gasteiger charge is -2.37. The van der Waals surface area contributed by atoms with E-state index < -0.39 is 12.1 Å². The maximum atomic E-state index is 13.0. The lowest BCUT2D eigenvalue weighted by atomic mass is 10.0. The summed E-state index contributed by atoms with van der Waals surface area (Å²) in [6.07, 6.45) is 0.386. The summed E-state index contributed by atoms with van der Waals surface area (Å²) in [7, 11) is 0. The highest BCUT2D eigenvalue weighted by molar-refractivity contribution is 6.19. The second-order valence-corrected chi connectivity index (χ2v) is 8.26. The van der Waals surface area contributed by atoms with Crippen LogP contribution >= 0.6 is 0 Å². The third kappa shape index (κ3) is 4.50. The van der Waals surface area contributed by atoms with Crippen molar-refractivity contribution < 1.29 is 9.53 Å². The maximum Gasteiger partial charge on any atom is 0.291 e. The number of rotatable bonds is 4. The largest absolute Gasteiger partial charge is 0.407 e. The lowest BCUT2D eigenvalue weighted by molar-refractivity contribution is -0.117. The van der Waals surface area contributed by atoms with E-state index in [4.69, 9.17) is 21.1 Å². The van der Waals surface area contributed by atoms with Crippen molar-refractivity contribution in [1.82, 2.24) is 4.98 Å². The van der Waals surface area contributed by atoms with Gasteiger partial charge in [-0.25, -0.2) is 9.98 Å². The van der Waals surface area contributed by atoms with Gasteiger partial charge in [0, 0.05) is 30.4 Å². The number of nitrogens with one attached hydrogen (secondary N) is 2. The van der Waals surface area contributed by atoms with Crippen molar-refractivity contribution >= 4 is 35.0 Å². The summed E-state index contributed by atoms with van der Waals surface area (Å²) in [4.78, 5) is 28.0. The normalized spacial score (nSPS) is 17.6. The number of nitriles is 1. The van der Waals surface area contributed by atoms with Crippen molar-refractivity contribution in [2.24, 2.45) is 21.6 Å². The molecule has 2 aromatic carbocycles. The molecule has 0 saturated carbocycles. The number of hydrogen-bond donors (Lipinski definition) is 3. The molecule has 1 atom stereocenters. The first-order chi connectivity index (χ1) is 17.5. The van der Waals surface area contributed by atoms with E-state index in [2.05, 4.69) is 26.4 Å². The van der Waals surface area contributed by atoms with E-state index in [0.29, 0.717) is 35.9 Å². The van der Waals surface area contributed by atoms with E-state index in [1.54, 1.807) is 24.4 Å². The molecule has 178 valence electrons. The number of nitrogens with zero attached hydrogens (tertiary/aromatic N) is 5. The number of nitrogens with two attached hydrogens (primary N) is 1. The molecule has 2 aliphatic rings. The molecule has 1 aromatic heterocycles. The van der Waals surface area contributed by atoms with E-state index in [1.165, 1.54) is 0 Å². The Labute approximate surface area is 207 Å². The van der Waals surface area contributed by atoms with Gasteiger partial charge in [-0.1, -0.05) is 48.5 Å². The Morgan fingerprint density at radius 1 is 1.14 bits per heavy atom. The van der Waals surface area contributed by atoms with Gasteiger partial charge < -0.3 is 20.7 Å². The summed E-state index contributed by atoms with van der Waals surface area (Å²) in [6, 6.07) is 22.0. The number of aliphatic imine (C=N–C) groups is 2. The minimum absolute atomic E-state index is 0.0730. The molecule has 4 N–H and O–H groups in total. The van der Waals surface area contributed by atoms with Crippen LogP contribution in [0.4, 0.5) is 11.5 Å². The van der Waals surface area contributed by atoms with Crippen LogP contribution in [0.3, 0.4) is 0 Å². The summed E-state index contributed by atoms with van der Waals surface area (Å²) >= 11 is 0. The molecule has 1 fully saturated rings. The monoisotopic (exact) mass is 478 g/mol. The fraction of sp³-hybridized carbons (Fsp3) is 0.154. The molecule has 1 unspecified atom stereocenters. The first kappa shape index (κ1) is 22.7. The van der Waals surface area contributed by atoms with Crippen LogP contribution in [0.2, 0.25) is 0 Å². The number of carbonyl (C=O) groups is 1. The van der Waals surface area contributed by atoms with Crippen molar-refractivity contribution in [3.8, 4) is 6.07 Å². The first-order valence-corrected chi connectivity index (χ1v) is 11.3. The number of fused-ring (bicyclic) bond motifs is 1. The van der Waals surface area contributed by atoms with Crippen LogP contribution in [0.25, 0.3) is 0 Å². The van der Waals surface area contributed by atoms with Gasteiger partial charge >= 0.3 is 0 Å². The van der Waals surface area contributed by atoms with E-state index in [-0.39, 0.29) is 17.8 Å². The zero-order valence-corrected chi connectivity index (χ0v) is 19.1.